The molecule has 0 aliphatic rings. The van der Waals surface area contributed by atoms with E-state index >= 15 is 0 Å². The van der Waals surface area contributed by atoms with Crippen molar-refractivity contribution in [2.24, 2.45) is 0 Å². The van der Waals surface area contributed by atoms with Crippen molar-refractivity contribution in [3.05, 3.63) is 38.9 Å². The third kappa shape index (κ3) is 2.87. The number of methoxy groups -OCH3 is 2. The quantitative estimate of drug-likeness (QED) is 0.275. The van der Waals surface area contributed by atoms with Gasteiger partial charge in [-0.3, -0.25) is 19.6 Å². The molecule has 4 rings (SSSR count). The highest BCUT2D eigenvalue weighted by atomic mass is 16.5. The van der Waals surface area contributed by atoms with Crippen LogP contribution in [-0.2, 0) is 0 Å². The van der Waals surface area contributed by atoms with Crippen molar-refractivity contribution in [1.29, 1.82) is 0 Å². The first-order chi connectivity index (χ1) is 14.3. The van der Waals surface area contributed by atoms with Crippen molar-refractivity contribution in [3.8, 4) is 33.9 Å². The van der Waals surface area contributed by atoms with Crippen LogP contribution < -0.4 is 37.8 Å². The summed E-state index contributed by atoms with van der Waals surface area (Å²) in [6.07, 6.45) is 0. The molecule has 3 aromatic heterocycles. The summed E-state index contributed by atoms with van der Waals surface area (Å²) in [5.41, 5.74) is 17.4. The normalized spacial score (nSPS) is 11.0. The van der Waals surface area contributed by atoms with E-state index in [9.17, 15) is 9.59 Å². The monoisotopic (exact) mass is 410 g/mol. The molecule has 154 valence electrons. The highest BCUT2D eigenvalue weighted by Crippen LogP contribution is 2.39. The van der Waals surface area contributed by atoms with Gasteiger partial charge >= 0.3 is 0 Å². The fraction of sp³-hybridized carbons (Fsp3) is 0.111. The lowest BCUT2D eigenvalue weighted by molar-refractivity contribution is 0.355. The molecule has 0 amide bonds. The molecule has 0 radical (unpaired) electrons. The first kappa shape index (κ1) is 18.9. The molecule has 12 heteroatoms. The number of nitrogens with one attached hydrogen (secondary N) is 3. The number of hydrogen-bond donors (Lipinski definition) is 6. The number of fused-ring (bicyclic) bond motifs is 1. The van der Waals surface area contributed by atoms with Crippen LogP contribution in [0.25, 0.3) is 33.4 Å². The average Bonchev–Trinajstić information content (AvgIpc) is 3.05. The molecule has 1 aromatic carbocycles. The van der Waals surface area contributed by atoms with Gasteiger partial charge in [0.2, 0.25) is 11.9 Å². The fourth-order valence-electron chi connectivity index (χ4n) is 3.33. The third-order valence-electron chi connectivity index (χ3n) is 4.57. The molecular weight excluding hydrogens is 392 g/mol. The molecule has 9 N–H and O–H groups in total. The molecule has 3 heterocycles. The van der Waals surface area contributed by atoms with Crippen molar-refractivity contribution in [3.63, 3.8) is 0 Å². The number of benzene rings is 1. The summed E-state index contributed by atoms with van der Waals surface area (Å²) < 4.78 is 10.6. The molecule has 4 aromatic rings. The second kappa shape index (κ2) is 6.84. The lowest BCUT2D eigenvalue weighted by atomic mass is 10.00. The Balaban J connectivity index is 2.15. The standard InChI is InChI=1S/C18H18N8O4/c1-29-7-4-3-6(5-8(7)30-2)12-9(10-13(19)23-17(20)25-15(10)27)11-14(22-12)24-18(21)26-16(11)28/h3-5H,1-2H3,(H5,19,20,23,25,27)(H4,21,22,24,26,28). The largest absolute Gasteiger partial charge is 0.493 e. The Morgan fingerprint density at radius 3 is 2.17 bits per heavy atom. The van der Waals surface area contributed by atoms with Crippen LogP contribution in [0.5, 0.6) is 11.5 Å². The molecule has 0 fully saturated rings. The zero-order valence-corrected chi connectivity index (χ0v) is 16.0. The van der Waals surface area contributed by atoms with Crippen LogP contribution in [0.15, 0.2) is 27.8 Å². The second-order valence-corrected chi connectivity index (χ2v) is 6.33. The minimum Gasteiger partial charge on any atom is -0.493 e. The topological polar surface area (TPSA) is 204 Å². The average molecular weight is 410 g/mol. The van der Waals surface area contributed by atoms with Gasteiger partial charge in [0.1, 0.15) is 11.5 Å². The Bertz CT molecular complexity index is 1400. The van der Waals surface area contributed by atoms with Gasteiger partial charge in [0.05, 0.1) is 30.9 Å². The Kier molecular flexibility index (Phi) is 4.30. The van der Waals surface area contributed by atoms with Crippen molar-refractivity contribution in [2.45, 2.75) is 0 Å². The molecule has 30 heavy (non-hydrogen) atoms. The molecule has 0 atom stereocenters. The minimum absolute atomic E-state index is 0.0303. The number of aromatic nitrogens is 5. The molecule has 12 nitrogen and oxygen atoms in total. The molecule has 0 unspecified atom stereocenters. The summed E-state index contributed by atoms with van der Waals surface area (Å²) in [6, 6.07) is 5.09. The molecule has 0 spiro atoms. The van der Waals surface area contributed by atoms with E-state index in [1.165, 1.54) is 14.2 Å². The van der Waals surface area contributed by atoms with Gasteiger partial charge in [-0.2, -0.15) is 9.97 Å². The van der Waals surface area contributed by atoms with E-state index in [0.717, 1.165) is 0 Å². The zero-order chi connectivity index (χ0) is 21.6. The number of aromatic amines is 3. The maximum atomic E-state index is 12.7. The second-order valence-electron chi connectivity index (χ2n) is 6.33. The van der Waals surface area contributed by atoms with Crippen LogP contribution in [0, 0.1) is 0 Å². The van der Waals surface area contributed by atoms with Crippen LogP contribution >= 0.6 is 0 Å². The van der Waals surface area contributed by atoms with Gasteiger partial charge in [-0.05, 0) is 18.2 Å². The van der Waals surface area contributed by atoms with Gasteiger partial charge in [0, 0.05) is 11.1 Å². The van der Waals surface area contributed by atoms with Gasteiger partial charge in [-0.25, -0.2) is 0 Å². The van der Waals surface area contributed by atoms with Crippen LogP contribution in [0.3, 0.4) is 0 Å². The van der Waals surface area contributed by atoms with Crippen molar-refractivity contribution in [1.82, 2.24) is 24.9 Å². The third-order valence-corrected chi connectivity index (χ3v) is 4.57. The molecule has 0 aliphatic heterocycles. The van der Waals surface area contributed by atoms with Crippen molar-refractivity contribution in [2.75, 3.05) is 31.4 Å². The lowest BCUT2D eigenvalue weighted by Gasteiger charge is -2.11. The molecular formula is C18H18N8O4. The lowest BCUT2D eigenvalue weighted by Crippen LogP contribution is -2.18. The Morgan fingerprint density at radius 1 is 0.833 bits per heavy atom. The van der Waals surface area contributed by atoms with E-state index in [0.29, 0.717) is 22.8 Å². The zero-order valence-electron chi connectivity index (χ0n) is 16.0. The Labute approximate surface area is 168 Å². The Hall–Kier alpha value is -4.48. The summed E-state index contributed by atoms with van der Waals surface area (Å²) in [5.74, 6) is 0.570. The van der Waals surface area contributed by atoms with Gasteiger partial charge < -0.3 is 31.7 Å². The van der Waals surface area contributed by atoms with Crippen molar-refractivity contribution >= 4 is 28.7 Å². The van der Waals surface area contributed by atoms with Crippen LogP contribution in [0.1, 0.15) is 0 Å². The van der Waals surface area contributed by atoms with E-state index in [1.807, 2.05) is 0 Å². The number of hydrogen-bond acceptors (Lipinski definition) is 9. The van der Waals surface area contributed by atoms with E-state index in [1.54, 1.807) is 18.2 Å². The van der Waals surface area contributed by atoms with Crippen molar-refractivity contribution < 1.29 is 9.47 Å². The smallest absolute Gasteiger partial charge is 0.262 e. The summed E-state index contributed by atoms with van der Waals surface area (Å²) in [5, 5.41) is 0.0951. The van der Waals surface area contributed by atoms with E-state index in [4.69, 9.17) is 26.7 Å². The summed E-state index contributed by atoms with van der Waals surface area (Å²) in [7, 11) is 3.01. The Morgan fingerprint density at radius 2 is 1.50 bits per heavy atom. The number of nitrogens with two attached hydrogens (primary N) is 3. The maximum absolute atomic E-state index is 12.7. The highest BCUT2D eigenvalue weighted by molar-refractivity contribution is 6.04. The molecule has 0 saturated carbocycles. The highest BCUT2D eigenvalue weighted by Gasteiger charge is 2.24. The van der Waals surface area contributed by atoms with Crippen LogP contribution in [-0.4, -0.2) is 39.1 Å². The fourth-order valence-corrected chi connectivity index (χ4v) is 3.33. The van der Waals surface area contributed by atoms with E-state index in [-0.39, 0.29) is 39.9 Å². The number of rotatable bonds is 4. The summed E-state index contributed by atoms with van der Waals surface area (Å²) in [6.45, 7) is 0. The minimum atomic E-state index is -0.612. The van der Waals surface area contributed by atoms with Crippen LogP contribution in [0.4, 0.5) is 17.7 Å². The SMILES string of the molecule is COc1ccc(-c2[nH]c3nc(N)[nH]c(=O)c3c2-c2c(N)nc(N)[nH]c2=O)cc1OC. The predicted molar refractivity (Wildman–Crippen MR) is 112 cm³/mol. The predicted octanol–water partition coefficient (Wildman–Crippen LogP) is 0.432. The summed E-state index contributed by atoms with van der Waals surface area (Å²) in [4.78, 5) is 41.4. The number of ether oxygens (including phenoxy) is 2. The number of H-pyrrole nitrogens is 3. The van der Waals surface area contributed by atoms with Gasteiger partial charge in [-0.1, -0.05) is 0 Å². The van der Waals surface area contributed by atoms with Gasteiger partial charge in [0.25, 0.3) is 11.1 Å². The number of nitrogens with zero attached hydrogens (tertiary/aromatic N) is 2. The molecule has 0 bridgehead atoms. The number of anilines is 3. The van der Waals surface area contributed by atoms with Gasteiger partial charge in [-0.15, -0.1) is 0 Å². The summed E-state index contributed by atoms with van der Waals surface area (Å²) >= 11 is 0. The molecule has 0 aliphatic carbocycles. The van der Waals surface area contributed by atoms with E-state index in [2.05, 4.69) is 24.9 Å². The first-order valence-electron chi connectivity index (χ1n) is 8.63. The molecule has 0 saturated heterocycles. The maximum Gasteiger partial charge on any atom is 0.262 e. The van der Waals surface area contributed by atoms with Gasteiger partial charge in [0.15, 0.2) is 11.5 Å². The van der Waals surface area contributed by atoms with Crippen LogP contribution in [0.2, 0.25) is 0 Å². The first-order valence-corrected chi connectivity index (χ1v) is 8.63. The van der Waals surface area contributed by atoms with E-state index < -0.39 is 11.1 Å². The number of nitrogen functional groups attached to an aromatic ring is 3.